The average molecular weight is 455 g/mol. The minimum absolute atomic E-state index is 0.0879. The molecule has 0 aromatic heterocycles. The Morgan fingerprint density at radius 1 is 0.903 bits per heavy atom. The van der Waals surface area contributed by atoms with Gasteiger partial charge in [-0.15, -0.1) is 0 Å². The van der Waals surface area contributed by atoms with Crippen LogP contribution in [0.2, 0.25) is 5.02 Å². The molecule has 1 heterocycles. The van der Waals surface area contributed by atoms with Gasteiger partial charge in [-0.3, -0.25) is 4.79 Å². The molecular formula is C24H23ClN2O3S. The van der Waals surface area contributed by atoms with E-state index in [0.29, 0.717) is 18.1 Å². The molecule has 0 fully saturated rings. The van der Waals surface area contributed by atoms with Crippen molar-refractivity contribution in [1.82, 2.24) is 9.21 Å². The highest BCUT2D eigenvalue weighted by molar-refractivity contribution is 7.89. The van der Waals surface area contributed by atoms with Gasteiger partial charge in [-0.1, -0.05) is 66.2 Å². The third-order valence-electron chi connectivity index (χ3n) is 5.45. The van der Waals surface area contributed by atoms with Crippen LogP contribution < -0.4 is 0 Å². The topological polar surface area (TPSA) is 57.7 Å². The first-order valence-corrected chi connectivity index (χ1v) is 11.9. The molecule has 5 nitrogen and oxygen atoms in total. The van der Waals surface area contributed by atoms with Gasteiger partial charge in [0, 0.05) is 24.7 Å². The lowest BCUT2D eigenvalue weighted by molar-refractivity contribution is -0.132. The molecule has 1 aliphatic heterocycles. The van der Waals surface area contributed by atoms with Gasteiger partial charge in [-0.25, -0.2) is 8.42 Å². The van der Waals surface area contributed by atoms with Gasteiger partial charge >= 0.3 is 0 Å². The van der Waals surface area contributed by atoms with Crippen molar-refractivity contribution in [3.8, 4) is 0 Å². The van der Waals surface area contributed by atoms with E-state index in [0.717, 1.165) is 17.5 Å². The smallest absolute Gasteiger partial charge is 0.243 e. The lowest BCUT2D eigenvalue weighted by atomic mass is 10.00. The van der Waals surface area contributed by atoms with E-state index in [1.54, 1.807) is 59.5 Å². The summed E-state index contributed by atoms with van der Waals surface area (Å²) in [6, 6.07) is 23.2. The number of hydrogen-bond donors (Lipinski definition) is 0. The Morgan fingerprint density at radius 2 is 1.55 bits per heavy atom. The maximum absolute atomic E-state index is 13.3. The molecule has 0 atom stereocenters. The maximum atomic E-state index is 13.3. The van der Waals surface area contributed by atoms with Crippen LogP contribution in [0.4, 0.5) is 0 Å². The van der Waals surface area contributed by atoms with Crippen molar-refractivity contribution in [2.75, 3.05) is 13.1 Å². The van der Waals surface area contributed by atoms with Crippen molar-refractivity contribution in [1.29, 1.82) is 0 Å². The number of sulfonamides is 1. The third kappa shape index (κ3) is 4.98. The van der Waals surface area contributed by atoms with Gasteiger partial charge < -0.3 is 4.90 Å². The fourth-order valence-corrected chi connectivity index (χ4v) is 5.24. The molecule has 0 N–H and O–H groups in total. The fourth-order valence-electron chi connectivity index (χ4n) is 3.72. The van der Waals surface area contributed by atoms with E-state index in [-0.39, 0.29) is 23.9 Å². The number of benzene rings is 3. The number of hydrogen-bond acceptors (Lipinski definition) is 3. The highest BCUT2D eigenvalue weighted by atomic mass is 35.5. The Morgan fingerprint density at radius 3 is 2.26 bits per heavy atom. The number of nitrogens with zero attached hydrogens (tertiary/aromatic N) is 2. The minimum Gasteiger partial charge on any atom is -0.337 e. The lowest BCUT2D eigenvalue weighted by Crippen LogP contribution is -2.44. The Labute approximate surface area is 187 Å². The zero-order valence-electron chi connectivity index (χ0n) is 16.9. The summed E-state index contributed by atoms with van der Waals surface area (Å²) in [5, 5.41) is 0.573. The standard InChI is InChI=1S/C24H23ClN2O3S/c25-22-12-10-19(11-13-22)16-27(31(29,30)23-8-2-1-3-9-23)18-24(28)26-15-14-20-6-4-5-7-21(20)17-26/h1-13H,14-18H2. The van der Waals surface area contributed by atoms with E-state index in [1.165, 1.54) is 9.87 Å². The summed E-state index contributed by atoms with van der Waals surface area (Å²) in [7, 11) is -3.85. The van der Waals surface area contributed by atoms with Crippen molar-refractivity contribution < 1.29 is 13.2 Å². The first-order chi connectivity index (χ1) is 14.9. The summed E-state index contributed by atoms with van der Waals surface area (Å²) < 4.78 is 27.9. The molecule has 0 spiro atoms. The number of rotatable bonds is 6. The maximum Gasteiger partial charge on any atom is 0.243 e. The number of halogens is 1. The van der Waals surface area contributed by atoms with Crippen LogP contribution in [0.15, 0.2) is 83.8 Å². The Kier molecular flexibility index (Phi) is 6.41. The van der Waals surface area contributed by atoms with Gasteiger partial charge in [-0.05, 0) is 47.4 Å². The van der Waals surface area contributed by atoms with Crippen molar-refractivity contribution in [3.05, 3.63) is 101 Å². The van der Waals surface area contributed by atoms with Crippen LogP contribution in [0.1, 0.15) is 16.7 Å². The SMILES string of the molecule is O=C(CN(Cc1ccc(Cl)cc1)S(=O)(=O)c1ccccc1)N1CCc2ccccc2C1. The van der Waals surface area contributed by atoms with E-state index in [2.05, 4.69) is 6.07 Å². The van der Waals surface area contributed by atoms with Crippen LogP contribution in [-0.2, 0) is 34.3 Å². The predicted molar refractivity (Wildman–Crippen MR) is 121 cm³/mol. The molecule has 0 saturated carbocycles. The molecule has 0 radical (unpaired) electrons. The second-order valence-electron chi connectivity index (χ2n) is 7.55. The van der Waals surface area contributed by atoms with Gasteiger partial charge in [0.2, 0.25) is 15.9 Å². The molecule has 1 aliphatic rings. The first-order valence-electron chi connectivity index (χ1n) is 10.1. The molecule has 7 heteroatoms. The van der Waals surface area contributed by atoms with Crippen LogP contribution in [0.3, 0.4) is 0 Å². The number of carbonyl (C=O) groups is 1. The largest absolute Gasteiger partial charge is 0.337 e. The molecule has 31 heavy (non-hydrogen) atoms. The van der Waals surface area contributed by atoms with Gasteiger partial charge in [0.15, 0.2) is 0 Å². The summed E-state index contributed by atoms with van der Waals surface area (Å²) in [4.78, 5) is 15.0. The summed E-state index contributed by atoms with van der Waals surface area (Å²) >= 11 is 5.97. The summed E-state index contributed by atoms with van der Waals surface area (Å²) in [5.74, 6) is -0.206. The fraction of sp³-hybridized carbons (Fsp3) is 0.208. The monoisotopic (exact) mass is 454 g/mol. The summed E-state index contributed by atoms with van der Waals surface area (Å²) in [6.45, 7) is 0.942. The summed E-state index contributed by atoms with van der Waals surface area (Å²) in [6.07, 6.45) is 0.768. The molecule has 3 aromatic carbocycles. The Hall–Kier alpha value is -2.67. The van der Waals surface area contributed by atoms with E-state index < -0.39 is 10.0 Å². The Bertz CT molecular complexity index is 1160. The zero-order chi connectivity index (χ0) is 21.8. The second-order valence-corrected chi connectivity index (χ2v) is 9.92. The molecule has 0 unspecified atom stereocenters. The van der Waals surface area contributed by atoms with Crippen molar-refractivity contribution in [3.63, 3.8) is 0 Å². The van der Waals surface area contributed by atoms with E-state index in [1.807, 2.05) is 18.2 Å². The first kappa shape index (κ1) is 21.6. The molecule has 0 bridgehead atoms. The normalized spacial score (nSPS) is 13.8. The average Bonchev–Trinajstić information content (AvgIpc) is 2.80. The van der Waals surface area contributed by atoms with Crippen LogP contribution in [0.25, 0.3) is 0 Å². The van der Waals surface area contributed by atoms with Crippen LogP contribution >= 0.6 is 11.6 Å². The number of fused-ring (bicyclic) bond motifs is 1. The molecule has 160 valence electrons. The van der Waals surface area contributed by atoms with Crippen molar-refractivity contribution in [2.45, 2.75) is 24.4 Å². The second kappa shape index (κ2) is 9.22. The molecule has 1 amide bonds. The van der Waals surface area contributed by atoms with Gasteiger partial charge in [0.05, 0.1) is 11.4 Å². The molecule has 0 saturated heterocycles. The summed E-state index contributed by atoms with van der Waals surface area (Å²) in [5.41, 5.74) is 3.11. The highest BCUT2D eigenvalue weighted by Crippen LogP contribution is 2.22. The van der Waals surface area contributed by atoms with Crippen LogP contribution in [0, 0.1) is 0 Å². The third-order valence-corrected chi connectivity index (χ3v) is 7.51. The van der Waals surface area contributed by atoms with E-state index in [9.17, 15) is 13.2 Å². The minimum atomic E-state index is -3.85. The molecular weight excluding hydrogens is 432 g/mol. The Balaban J connectivity index is 1.58. The van der Waals surface area contributed by atoms with Gasteiger partial charge in [0.1, 0.15) is 0 Å². The lowest BCUT2D eigenvalue weighted by Gasteiger charge is -2.31. The molecule has 3 aromatic rings. The van der Waals surface area contributed by atoms with Crippen LogP contribution in [0.5, 0.6) is 0 Å². The zero-order valence-corrected chi connectivity index (χ0v) is 18.5. The van der Waals surface area contributed by atoms with Crippen molar-refractivity contribution >= 4 is 27.5 Å². The quantitative estimate of drug-likeness (QED) is 0.563. The van der Waals surface area contributed by atoms with E-state index >= 15 is 0 Å². The predicted octanol–water partition coefficient (Wildman–Crippen LogP) is 4.12. The molecule has 4 rings (SSSR count). The van der Waals surface area contributed by atoms with Gasteiger partial charge in [-0.2, -0.15) is 4.31 Å². The highest BCUT2D eigenvalue weighted by Gasteiger charge is 2.29. The van der Waals surface area contributed by atoms with Gasteiger partial charge in [0.25, 0.3) is 0 Å². The van der Waals surface area contributed by atoms with Crippen LogP contribution in [-0.4, -0.2) is 36.6 Å². The van der Waals surface area contributed by atoms with E-state index in [4.69, 9.17) is 11.6 Å². The van der Waals surface area contributed by atoms with Crippen molar-refractivity contribution in [2.24, 2.45) is 0 Å². The number of amides is 1. The molecule has 0 aliphatic carbocycles. The number of carbonyl (C=O) groups excluding carboxylic acids is 1.